The molecule has 3 aromatic rings. The van der Waals surface area contributed by atoms with Gasteiger partial charge in [0.05, 0.1) is 5.60 Å². The first kappa shape index (κ1) is 25.1. The molecule has 0 aromatic heterocycles. The molecule has 1 N–H and O–H groups in total. The zero-order valence-electron chi connectivity index (χ0n) is 20.8. The van der Waals surface area contributed by atoms with Crippen molar-refractivity contribution in [3.63, 3.8) is 0 Å². The van der Waals surface area contributed by atoms with Crippen LogP contribution >= 0.6 is 0 Å². The monoisotopic (exact) mass is 473 g/mol. The van der Waals surface area contributed by atoms with Gasteiger partial charge in [-0.1, -0.05) is 72.8 Å². The fourth-order valence-electron chi connectivity index (χ4n) is 5.43. The zero-order chi connectivity index (χ0) is 24.7. The highest BCUT2D eigenvalue weighted by Crippen LogP contribution is 2.39. The highest BCUT2D eigenvalue weighted by Gasteiger charge is 2.34. The lowest BCUT2D eigenvalue weighted by atomic mass is 9.75. The van der Waals surface area contributed by atoms with Crippen molar-refractivity contribution in [2.24, 2.45) is 5.92 Å². The van der Waals surface area contributed by atoms with E-state index in [4.69, 9.17) is 4.74 Å². The average molecular weight is 474 g/mol. The number of rotatable bonds is 9. The Balaban J connectivity index is 1.42. The number of nitrogens with one attached hydrogen (secondary N) is 1. The second kappa shape index (κ2) is 11.6. The Morgan fingerprint density at radius 3 is 2.17 bits per heavy atom. The molecule has 0 radical (unpaired) electrons. The van der Waals surface area contributed by atoms with Crippen molar-refractivity contribution in [2.45, 2.75) is 57.0 Å². The normalized spacial score (nSPS) is 19.0. The van der Waals surface area contributed by atoms with Gasteiger partial charge in [0.15, 0.2) is 0 Å². The van der Waals surface area contributed by atoms with E-state index in [1.54, 1.807) is 12.1 Å². The van der Waals surface area contributed by atoms with E-state index in [1.807, 2.05) is 30.3 Å². The maximum absolute atomic E-state index is 13.5. The fourth-order valence-corrected chi connectivity index (χ4v) is 5.43. The number of benzene rings is 3. The van der Waals surface area contributed by atoms with Crippen LogP contribution in [0, 0.1) is 11.7 Å². The Labute approximate surface area is 208 Å². The first-order valence-electron chi connectivity index (χ1n) is 12.7. The largest absolute Gasteiger partial charge is 0.376 e. The molecule has 0 unspecified atom stereocenters. The molecule has 3 atom stereocenters. The predicted molar refractivity (Wildman–Crippen MR) is 139 cm³/mol. The van der Waals surface area contributed by atoms with Crippen molar-refractivity contribution in [1.82, 2.24) is 5.32 Å². The number of carbonyl (C=O) groups is 1. The van der Waals surface area contributed by atoms with Crippen LogP contribution in [0.3, 0.4) is 0 Å². The summed E-state index contributed by atoms with van der Waals surface area (Å²) < 4.78 is 19.5. The minimum Gasteiger partial charge on any atom is -0.376 e. The van der Waals surface area contributed by atoms with E-state index in [9.17, 15) is 9.18 Å². The van der Waals surface area contributed by atoms with Gasteiger partial charge in [0.1, 0.15) is 5.82 Å². The number of hydrogen-bond donors (Lipinski definition) is 1. The molecule has 35 heavy (non-hydrogen) atoms. The first-order chi connectivity index (χ1) is 16.9. The Bertz CT molecular complexity index is 1070. The summed E-state index contributed by atoms with van der Waals surface area (Å²) in [4.78, 5) is 13.1. The number of carbonyl (C=O) groups excluding carboxylic acids is 1. The van der Waals surface area contributed by atoms with Crippen molar-refractivity contribution < 1.29 is 13.9 Å². The summed E-state index contributed by atoms with van der Waals surface area (Å²) in [5.41, 5.74) is 3.22. The fraction of sp³-hybridized carbons (Fsp3) is 0.387. The standard InChI is InChI=1S/C31H36FNO2/c1-31(2)22-26(18-20-35-31)28(23-9-5-3-6-10-23)17-19-33-30(34)21-29(24-11-7-4-8-12-24)25-13-15-27(32)16-14-25/h3-16,26,28-29H,17-22H2,1-2H3,(H,33,34)/t26-,28-,29+/m1/s1. The summed E-state index contributed by atoms with van der Waals surface area (Å²) in [6, 6.07) is 27.1. The van der Waals surface area contributed by atoms with Gasteiger partial charge >= 0.3 is 0 Å². The number of halogens is 1. The molecule has 1 amide bonds. The predicted octanol–water partition coefficient (Wildman–Crippen LogP) is 6.84. The minimum atomic E-state index is -0.270. The summed E-state index contributed by atoms with van der Waals surface area (Å²) in [5.74, 6) is 0.532. The minimum absolute atomic E-state index is 0.0160. The van der Waals surface area contributed by atoms with Crippen molar-refractivity contribution in [3.05, 3.63) is 107 Å². The van der Waals surface area contributed by atoms with E-state index >= 15 is 0 Å². The van der Waals surface area contributed by atoms with Gasteiger partial charge < -0.3 is 10.1 Å². The van der Waals surface area contributed by atoms with Gasteiger partial charge in [0, 0.05) is 25.5 Å². The molecular weight excluding hydrogens is 437 g/mol. The van der Waals surface area contributed by atoms with E-state index in [1.165, 1.54) is 17.7 Å². The van der Waals surface area contributed by atoms with Crippen LogP contribution in [-0.2, 0) is 9.53 Å². The van der Waals surface area contributed by atoms with Gasteiger partial charge in [-0.3, -0.25) is 4.79 Å². The summed E-state index contributed by atoms with van der Waals surface area (Å²) in [5, 5.41) is 3.18. The molecule has 1 aliphatic rings. The smallest absolute Gasteiger partial charge is 0.220 e. The zero-order valence-corrected chi connectivity index (χ0v) is 20.8. The van der Waals surface area contributed by atoms with Crippen molar-refractivity contribution in [3.8, 4) is 0 Å². The average Bonchev–Trinajstić information content (AvgIpc) is 2.86. The summed E-state index contributed by atoms with van der Waals surface area (Å²) >= 11 is 0. The topological polar surface area (TPSA) is 38.3 Å². The maximum Gasteiger partial charge on any atom is 0.220 e. The lowest BCUT2D eigenvalue weighted by molar-refractivity contribution is -0.121. The highest BCUT2D eigenvalue weighted by molar-refractivity contribution is 5.77. The Morgan fingerprint density at radius 1 is 0.943 bits per heavy atom. The molecule has 3 nitrogen and oxygen atoms in total. The molecule has 1 fully saturated rings. The van der Waals surface area contributed by atoms with Crippen LogP contribution in [-0.4, -0.2) is 24.7 Å². The maximum atomic E-state index is 13.5. The quantitative estimate of drug-likeness (QED) is 0.369. The summed E-state index contributed by atoms with van der Waals surface area (Å²) in [7, 11) is 0. The van der Waals surface area contributed by atoms with Crippen LogP contribution in [0.4, 0.5) is 4.39 Å². The van der Waals surface area contributed by atoms with E-state index in [-0.39, 0.29) is 23.2 Å². The molecule has 4 heteroatoms. The lowest BCUT2D eigenvalue weighted by Crippen LogP contribution is -2.37. The Kier molecular flexibility index (Phi) is 8.35. The van der Waals surface area contributed by atoms with Gasteiger partial charge in [-0.2, -0.15) is 0 Å². The van der Waals surface area contributed by atoms with Crippen LogP contribution in [0.1, 0.15) is 68.1 Å². The lowest BCUT2D eigenvalue weighted by Gasteiger charge is -2.39. The van der Waals surface area contributed by atoms with Crippen LogP contribution in [0.15, 0.2) is 84.9 Å². The van der Waals surface area contributed by atoms with Gasteiger partial charge in [-0.15, -0.1) is 0 Å². The van der Waals surface area contributed by atoms with Crippen LogP contribution in [0.2, 0.25) is 0 Å². The van der Waals surface area contributed by atoms with Crippen molar-refractivity contribution in [1.29, 1.82) is 0 Å². The number of hydrogen-bond acceptors (Lipinski definition) is 2. The van der Waals surface area contributed by atoms with Gasteiger partial charge in [-0.05, 0) is 73.8 Å². The molecule has 1 saturated heterocycles. The Hall–Kier alpha value is -2.98. The van der Waals surface area contributed by atoms with Crippen LogP contribution in [0.25, 0.3) is 0 Å². The third-order valence-electron chi connectivity index (χ3n) is 7.17. The second-order valence-electron chi connectivity index (χ2n) is 10.2. The molecule has 3 aromatic carbocycles. The molecule has 0 spiro atoms. The van der Waals surface area contributed by atoms with E-state index < -0.39 is 0 Å². The van der Waals surface area contributed by atoms with Crippen molar-refractivity contribution >= 4 is 5.91 Å². The summed E-state index contributed by atoms with van der Waals surface area (Å²) in [6.45, 7) is 5.75. The van der Waals surface area contributed by atoms with Crippen LogP contribution < -0.4 is 5.32 Å². The van der Waals surface area contributed by atoms with Gasteiger partial charge in [-0.25, -0.2) is 4.39 Å². The molecule has 0 saturated carbocycles. The molecule has 1 aliphatic heterocycles. The van der Waals surface area contributed by atoms with E-state index in [0.717, 1.165) is 37.0 Å². The van der Waals surface area contributed by atoms with Gasteiger partial charge in [0.2, 0.25) is 5.91 Å². The molecular formula is C31H36FNO2. The van der Waals surface area contributed by atoms with Gasteiger partial charge in [0.25, 0.3) is 0 Å². The number of ether oxygens (including phenoxy) is 1. The number of amides is 1. The third-order valence-corrected chi connectivity index (χ3v) is 7.17. The van der Waals surface area contributed by atoms with E-state index in [2.05, 4.69) is 49.5 Å². The molecule has 184 valence electrons. The molecule has 4 rings (SSSR count). The first-order valence-corrected chi connectivity index (χ1v) is 12.7. The molecule has 0 aliphatic carbocycles. The third kappa shape index (κ3) is 7.02. The molecule has 0 bridgehead atoms. The summed E-state index contributed by atoms with van der Waals surface area (Å²) in [6.07, 6.45) is 3.28. The Morgan fingerprint density at radius 2 is 1.54 bits per heavy atom. The van der Waals surface area contributed by atoms with Crippen LogP contribution in [0.5, 0.6) is 0 Å². The SMILES string of the molecule is CC1(C)C[C@H]([C@H](CCNC(=O)C[C@@H](c2ccccc2)c2ccc(F)cc2)c2ccccc2)CCO1. The second-order valence-corrected chi connectivity index (χ2v) is 10.2. The van der Waals surface area contributed by atoms with E-state index in [0.29, 0.717) is 24.8 Å². The molecule has 1 heterocycles. The highest BCUT2D eigenvalue weighted by atomic mass is 19.1. The van der Waals surface area contributed by atoms with Crippen molar-refractivity contribution in [2.75, 3.05) is 13.2 Å².